The molecule has 14 heavy (non-hydrogen) atoms. The highest BCUT2D eigenvalue weighted by Crippen LogP contribution is 2.11. The van der Waals surface area contributed by atoms with Gasteiger partial charge in [0.15, 0.2) is 0 Å². The van der Waals surface area contributed by atoms with Crippen LogP contribution in [0.3, 0.4) is 0 Å². The van der Waals surface area contributed by atoms with E-state index in [-0.39, 0.29) is 0 Å². The zero-order valence-corrected chi connectivity index (χ0v) is 8.72. The molecule has 1 aromatic carbocycles. The van der Waals surface area contributed by atoms with Crippen LogP contribution in [0.4, 0.5) is 5.69 Å². The molecule has 2 nitrogen and oxygen atoms in total. The third-order valence-corrected chi connectivity index (χ3v) is 2.13. The van der Waals surface area contributed by atoms with Crippen molar-refractivity contribution in [1.82, 2.24) is 5.32 Å². The van der Waals surface area contributed by atoms with E-state index in [1.54, 1.807) is 0 Å². The largest absolute Gasteiger partial charge is 0.399 e. The predicted octanol–water partition coefficient (Wildman–Crippen LogP) is 2.63. The number of nitrogens with one attached hydrogen (secondary N) is 1. The Bertz CT molecular complexity index is 288. The average Bonchev–Trinajstić information content (AvgIpc) is 2.19. The number of rotatable bonds is 5. The van der Waals surface area contributed by atoms with Crippen molar-refractivity contribution in [3.05, 3.63) is 36.4 Å². The minimum atomic E-state index is 0.787. The van der Waals surface area contributed by atoms with E-state index in [0.29, 0.717) is 0 Å². The molecule has 0 spiro atoms. The van der Waals surface area contributed by atoms with Crippen LogP contribution >= 0.6 is 0 Å². The molecule has 0 aromatic heterocycles. The third-order valence-electron chi connectivity index (χ3n) is 2.13. The normalized spacial score (nSPS) is 9.79. The fourth-order valence-electron chi connectivity index (χ4n) is 1.20. The molecule has 0 radical (unpaired) electrons. The molecule has 0 unspecified atom stereocenters. The number of nitrogen functional groups attached to an aromatic ring is 1. The minimum absolute atomic E-state index is 0.787. The zero-order valence-electron chi connectivity index (χ0n) is 8.72. The molecule has 0 heterocycles. The van der Waals surface area contributed by atoms with E-state index in [9.17, 15) is 0 Å². The monoisotopic (exact) mass is 190 g/mol. The van der Waals surface area contributed by atoms with Crippen LogP contribution in [-0.2, 0) is 0 Å². The number of nitrogens with two attached hydrogens (primary N) is 1. The topological polar surface area (TPSA) is 38.0 Å². The Morgan fingerprint density at radius 1 is 1.36 bits per heavy atom. The Balaban J connectivity index is 2.48. The Kier molecular flexibility index (Phi) is 4.05. The van der Waals surface area contributed by atoms with E-state index in [1.807, 2.05) is 24.3 Å². The van der Waals surface area contributed by atoms with Crippen LogP contribution in [0.1, 0.15) is 25.3 Å². The highest BCUT2D eigenvalue weighted by molar-refractivity contribution is 5.63. The van der Waals surface area contributed by atoms with Gasteiger partial charge < -0.3 is 11.1 Å². The highest BCUT2D eigenvalue weighted by Gasteiger charge is 1.96. The van der Waals surface area contributed by atoms with Crippen molar-refractivity contribution in [3.8, 4) is 0 Å². The third kappa shape index (κ3) is 3.13. The summed E-state index contributed by atoms with van der Waals surface area (Å²) in [6.07, 6.45) is 2.37. The van der Waals surface area contributed by atoms with Crippen molar-refractivity contribution < 1.29 is 0 Å². The number of unbranched alkanes of at least 4 members (excludes halogenated alkanes) is 1. The fourth-order valence-corrected chi connectivity index (χ4v) is 1.20. The van der Waals surface area contributed by atoms with Gasteiger partial charge in [-0.25, -0.2) is 0 Å². The molecule has 0 bridgehead atoms. The summed E-state index contributed by atoms with van der Waals surface area (Å²) in [5.74, 6) is 0. The molecule has 0 aliphatic heterocycles. The first-order chi connectivity index (χ1) is 6.74. The van der Waals surface area contributed by atoms with Crippen molar-refractivity contribution in [2.45, 2.75) is 19.8 Å². The fraction of sp³-hybridized carbons (Fsp3) is 0.333. The van der Waals surface area contributed by atoms with Gasteiger partial charge in [-0.3, -0.25) is 0 Å². The number of hydrogen-bond donors (Lipinski definition) is 2. The molecule has 0 aliphatic carbocycles. The van der Waals surface area contributed by atoms with E-state index >= 15 is 0 Å². The smallest absolute Gasteiger partial charge is 0.0340 e. The predicted molar refractivity (Wildman–Crippen MR) is 62.8 cm³/mol. The lowest BCUT2D eigenvalue weighted by atomic mass is 10.1. The summed E-state index contributed by atoms with van der Waals surface area (Å²) in [5, 5.41) is 3.28. The van der Waals surface area contributed by atoms with Crippen molar-refractivity contribution >= 4 is 11.4 Å². The summed E-state index contributed by atoms with van der Waals surface area (Å²) < 4.78 is 0. The van der Waals surface area contributed by atoms with Crippen molar-refractivity contribution in [2.75, 3.05) is 12.3 Å². The van der Waals surface area contributed by atoms with Crippen LogP contribution in [0, 0.1) is 0 Å². The molecule has 1 aromatic rings. The van der Waals surface area contributed by atoms with Gasteiger partial charge in [-0.15, -0.1) is 0 Å². The van der Waals surface area contributed by atoms with Gasteiger partial charge in [-0.05, 0) is 24.1 Å². The summed E-state index contributed by atoms with van der Waals surface area (Å²) >= 11 is 0. The molecule has 0 aliphatic rings. The number of anilines is 1. The van der Waals surface area contributed by atoms with Crippen LogP contribution in [-0.4, -0.2) is 6.54 Å². The SMILES string of the molecule is C=C(NCCCC)c1ccc(N)cc1. The second-order valence-electron chi connectivity index (χ2n) is 3.38. The molecule has 0 atom stereocenters. The Morgan fingerprint density at radius 2 is 2.00 bits per heavy atom. The van der Waals surface area contributed by atoms with E-state index in [0.717, 1.165) is 23.5 Å². The van der Waals surface area contributed by atoms with Crippen LogP contribution in [0.25, 0.3) is 5.70 Å². The molecular formula is C12H18N2. The summed E-state index contributed by atoms with van der Waals surface area (Å²) in [6.45, 7) is 7.13. The lowest BCUT2D eigenvalue weighted by Gasteiger charge is -2.09. The van der Waals surface area contributed by atoms with E-state index in [2.05, 4.69) is 18.8 Å². The second-order valence-corrected chi connectivity index (χ2v) is 3.38. The maximum Gasteiger partial charge on any atom is 0.0340 e. The van der Waals surface area contributed by atoms with Crippen molar-refractivity contribution in [2.24, 2.45) is 0 Å². The zero-order chi connectivity index (χ0) is 10.4. The van der Waals surface area contributed by atoms with Crippen molar-refractivity contribution in [1.29, 1.82) is 0 Å². The first-order valence-electron chi connectivity index (χ1n) is 5.02. The summed E-state index contributed by atoms with van der Waals surface area (Å²) in [4.78, 5) is 0. The van der Waals surface area contributed by atoms with Gasteiger partial charge in [-0.1, -0.05) is 32.1 Å². The van der Waals surface area contributed by atoms with E-state index in [4.69, 9.17) is 5.73 Å². The number of hydrogen-bond acceptors (Lipinski definition) is 2. The maximum absolute atomic E-state index is 5.60. The molecular weight excluding hydrogens is 172 g/mol. The first kappa shape index (κ1) is 10.6. The molecule has 0 saturated carbocycles. The quantitative estimate of drug-likeness (QED) is 0.553. The van der Waals surface area contributed by atoms with Gasteiger partial charge in [0.2, 0.25) is 0 Å². The molecule has 0 fully saturated rings. The standard InChI is InChI=1S/C12H18N2/c1-3-4-9-14-10(2)11-5-7-12(13)8-6-11/h5-8,14H,2-4,9,13H2,1H3. The first-order valence-corrected chi connectivity index (χ1v) is 5.02. The molecule has 0 amide bonds. The maximum atomic E-state index is 5.60. The average molecular weight is 190 g/mol. The van der Waals surface area contributed by atoms with Crippen molar-refractivity contribution in [3.63, 3.8) is 0 Å². The number of benzene rings is 1. The van der Waals surface area contributed by atoms with Crippen LogP contribution in [0.15, 0.2) is 30.8 Å². The van der Waals surface area contributed by atoms with Gasteiger partial charge in [0.25, 0.3) is 0 Å². The summed E-state index contributed by atoms with van der Waals surface area (Å²) in [6, 6.07) is 7.75. The van der Waals surface area contributed by atoms with Crippen LogP contribution < -0.4 is 11.1 Å². The lowest BCUT2D eigenvalue weighted by molar-refractivity contribution is 0.745. The second kappa shape index (κ2) is 5.32. The molecule has 1 rings (SSSR count). The van der Waals surface area contributed by atoms with Crippen LogP contribution in [0.5, 0.6) is 0 Å². The lowest BCUT2D eigenvalue weighted by Crippen LogP contribution is -2.12. The Labute approximate surface area is 85.8 Å². The minimum Gasteiger partial charge on any atom is -0.399 e. The molecule has 2 heteroatoms. The Hall–Kier alpha value is -1.44. The molecule has 0 saturated heterocycles. The van der Waals surface area contributed by atoms with Gasteiger partial charge in [-0.2, -0.15) is 0 Å². The van der Waals surface area contributed by atoms with Gasteiger partial charge in [0.1, 0.15) is 0 Å². The highest BCUT2D eigenvalue weighted by atomic mass is 14.9. The molecule has 76 valence electrons. The van der Waals surface area contributed by atoms with E-state index < -0.39 is 0 Å². The van der Waals surface area contributed by atoms with Gasteiger partial charge in [0.05, 0.1) is 0 Å². The van der Waals surface area contributed by atoms with E-state index in [1.165, 1.54) is 12.8 Å². The molecule has 3 N–H and O–H groups in total. The van der Waals surface area contributed by atoms with Gasteiger partial charge in [0, 0.05) is 17.9 Å². The summed E-state index contributed by atoms with van der Waals surface area (Å²) in [7, 11) is 0. The van der Waals surface area contributed by atoms with Crippen LogP contribution in [0.2, 0.25) is 0 Å². The van der Waals surface area contributed by atoms with Gasteiger partial charge >= 0.3 is 0 Å². The Morgan fingerprint density at radius 3 is 2.57 bits per heavy atom. The summed E-state index contributed by atoms with van der Waals surface area (Å²) in [5.41, 5.74) is 8.46.